The fourth-order valence-corrected chi connectivity index (χ4v) is 4.33. The third-order valence-electron chi connectivity index (χ3n) is 3.64. The molecule has 0 aliphatic carbocycles. The second kappa shape index (κ2) is 8.19. The number of hydrogen-bond acceptors (Lipinski definition) is 4. The largest absolute Gasteiger partial charge is 0.504 e. The van der Waals surface area contributed by atoms with Crippen molar-refractivity contribution in [1.82, 2.24) is 5.32 Å². The molecule has 0 heterocycles. The molecule has 19 heavy (non-hydrogen) atoms. The van der Waals surface area contributed by atoms with Crippen molar-refractivity contribution >= 4 is 20.4 Å². The number of carbonyl (C=O) groups excluding carboxylic acids is 2. The molecule has 0 unspecified atom stereocenters. The van der Waals surface area contributed by atoms with Gasteiger partial charge in [-0.1, -0.05) is 34.6 Å². The van der Waals surface area contributed by atoms with Gasteiger partial charge in [-0.3, -0.25) is 0 Å². The van der Waals surface area contributed by atoms with E-state index in [1.54, 1.807) is 0 Å². The molecular weight excluding hydrogens is 262 g/mol. The Hall–Kier alpha value is -1.04. The zero-order valence-corrected chi connectivity index (χ0v) is 13.9. The molecule has 0 aromatic heterocycles. The monoisotopic (exact) mass is 289 g/mol. The highest BCUT2D eigenvalue weighted by molar-refractivity contribution is 6.74. The van der Waals surface area contributed by atoms with Crippen LogP contribution in [0, 0.1) is 5.92 Å². The number of methoxy groups -OCH3 is 1. The number of amides is 1. The van der Waals surface area contributed by atoms with Gasteiger partial charge in [0.2, 0.25) is 0 Å². The fourth-order valence-electron chi connectivity index (χ4n) is 1.94. The van der Waals surface area contributed by atoms with Crippen molar-refractivity contribution in [2.75, 3.05) is 7.11 Å². The van der Waals surface area contributed by atoms with Crippen LogP contribution in [0.3, 0.4) is 0 Å². The van der Waals surface area contributed by atoms with Gasteiger partial charge in [-0.2, -0.15) is 0 Å². The molecule has 6 heteroatoms. The van der Waals surface area contributed by atoms with Gasteiger partial charge in [0.05, 0.1) is 7.11 Å². The van der Waals surface area contributed by atoms with Gasteiger partial charge >= 0.3 is 12.1 Å². The number of rotatable bonds is 7. The van der Waals surface area contributed by atoms with E-state index in [-0.39, 0.29) is 5.92 Å². The van der Waals surface area contributed by atoms with E-state index < -0.39 is 26.4 Å². The van der Waals surface area contributed by atoms with Crippen LogP contribution in [0.2, 0.25) is 18.1 Å². The SMILES string of the molecule is CC[Si](CC)(CC)OC(=O)N[C@H](C(=O)OC)C(C)C. The summed E-state index contributed by atoms with van der Waals surface area (Å²) in [5.74, 6) is -0.482. The van der Waals surface area contributed by atoms with Gasteiger partial charge in [0.25, 0.3) is 8.32 Å². The molecule has 0 saturated heterocycles. The molecule has 0 spiro atoms. The summed E-state index contributed by atoms with van der Waals surface area (Å²) in [6, 6.07) is 2.00. The minimum Gasteiger partial charge on any atom is -0.504 e. The van der Waals surface area contributed by atoms with Crippen molar-refractivity contribution < 1.29 is 18.8 Å². The van der Waals surface area contributed by atoms with E-state index in [9.17, 15) is 9.59 Å². The lowest BCUT2D eigenvalue weighted by Gasteiger charge is -2.29. The zero-order valence-electron chi connectivity index (χ0n) is 12.9. The second-order valence-electron chi connectivity index (χ2n) is 5.02. The summed E-state index contributed by atoms with van der Waals surface area (Å²) in [6.45, 7) is 9.85. The van der Waals surface area contributed by atoms with Crippen LogP contribution in [-0.4, -0.2) is 33.5 Å². The first-order valence-corrected chi connectivity index (χ1v) is 9.46. The van der Waals surface area contributed by atoms with Crippen LogP contribution >= 0.6 is 0 Å². The van der Waals surface area contributed by atoms with Gasteiger partial charge in [-0.25, -0.2) is 9.59 Å². The molecule has 1 atom stereocenters. The lowest BCUT2D eigenvalue weighted by molar-refractivity contribution is -0.144. The molecule has 0 bridgehead atoms. The van der Waals surface area contributed by atoms with Crippen LogP contribution in [0.1, 0.15) is 34.6 Å². The first kappa shape index (κ1) is 18.0. The summed E-state index contributed by atoms with van der Waals surface area (Å²) in [7, 11) is -0.678. The van der Waals surface area contributed by atoms with Crippen LogP contribution in [0.5, 0.6) is 0 Å². The van der Waals surface area contributed by atoms with Crippen molar-refractivity contribution in [3.8, 4) is 0 Å². The molecule has 0 aromatic carbocycles. The number of ether oxygens (including phenoxy) is 1. The number of hydrogen-bond donors (Lipinski definition) is 1. The van der Waals surface area contributed by atoms with E-state index in [1.165, 1.54) is 7.11 Å². The Balaban J connectivity index is 4.70. The van der Waals surface area contributed by atoms with Gasteiger partial charge in [0.15, 0.2) is 0 Å². The predicted octanol–water partition coefficient (Wildman–Crippen LogP) is 2.92. The lowest BCUT2D eigenvalue weighted by atomic mass is 10.1. The molecule has 0 rings (SSSR count). The highest BCUT2D eigenvalue weighted by Crippen LogP contribution is 2.21. The molecule has 5 nitrogen and oxygen atoms in total. The summed E-state index contributed by atoms with van der Waals surface area (Å²) in [5.41, 5.74) is 0. The summed E-state index contributed by atoms with van der Waals surface area (Å²) >= 11 is 0. The topological polar surface area (TPSA) is 64.6 Å². The van der Waals surface area contributed by atoms with Crippen LogP contribution in [0.15, 0.2) is 0 Å². The first-order valence-electron chi connectivity index (χ1n) is 6.93. The molecule has 112 valence electrons. The Kier molecular flexibility index (Phi) is 7.74. The van der Waals surface area contributed by atoms with E-state index in [1.807, 2.05) is 34.6 Å². The van der Waals surface area contributed by atoms with Gasteiger partial charge in [-0.15, -0.1) is 0 Å². The van der Waals surface area contributed by atoms with Crippen molar-refractivity contribution in [1.29, 1.82) is 0 Å². The standard InChI is InChI=1S/C13H27NO4Si/c1-7-19(8-2,9-3)18-13(16)14-11(10(4)5)12(15)17-6/h10-11H,7-9H2,1-6H3,(H,14,16)/t11-/m0/s1. The molecule has 0 fully saturated rings. The van der Waals surface area contributed by atoms with Crippen molar-refractivity contribution in [2.24, 2.45) is 5.92 Å². The Bertz CT molecular complexity index is 295. The minimum atomic E-state index is -1.99. The molecule has 0 aliphatic heterocycles. The summed E-state index contributed by atoms with van der Waals surface area (Å²) in [6.07, 6.45) is -0.499. The highest BCUT2D eigenvalue weighted by atomic mass is 28.4. The second-order valence-corrected chi connectivity index (χ2v) is 9.71. The molecule has 0 radical (unpaired) electrons. The van der Waals surface area contributed by atoms with Crippen LogP contribution < -0.4 is 5.32 Å². The molecule has 1 N–H and O–H groups in total. The first-order chi connectivity index (χ1) is 8.85. The highest BCUT2D eigenvalue weighted by Gasteiger charge is 2.34. The normalized spacial score (nSPS) is 13.0. The number of nitrogens with one attached hydrogen (secondary N) is 1. The minimum absolute atomic E-state index is 0.0408. The van der Waals surface area contributed by atoms with Crippen molar-refractivity contribution in [2.45, 2.75) is 58.8 Å². The summed E-state index contributed by atoms with van der Waals surface area (Å²) < 4.78 is 10.3. The van der Waals surface area contributed by atoms with Crippen molar-refractivity contribution in [3.05, 3.63) is 0 Å². The summed E-state index contributed by atoms with van der Waals surface area (Å²) in [4.78, 5) is 23.5. The number of carbonyl (C=O) groups is 2. The van der Waals surface area contributed by atoms with E-state index in [2.05, 4.69) is 10.1 Å². The van der Waals surface area contributed by atoms with E-state index in [0.29, 0.717) is 0 Å². The molecule has 0 aliphatic rings. The third kappa shape index (κ3) is 5.22. The molecular formula is C13H27NO4Si. The van der Waals surface area contributed by atoms with E-state index in [0.717, 1.165) is 18.1 Å². The Morgan fingerprint density at radius 1 is 1.11 bits per heavy atom. The van der Waals surface area contributed by atoms with E-state index >= 15 is 0 Å². The Labute approximate surface area is 117 Å². The van der Waals surface area contributed by atoms with Gasteiger partial charge in [-0.05, 0) is 24.1 Å². The van der Waals surface area contributed by atoms with Crippen molar-refractivity contribution in [3.63, 3.8) is 0 Å². The number of esters is 1. The average Bonchev–Trinajstić information content (AvgIpc) is 2.41. The smallest absolute Gasteiger partial charge is 0.394 e. The molecule has 1 amide bonds. The predicted molar refractivity (Wildman–Crippen MR) is 77.5 cm³/mol. The Morgan fingerprint density at radius 3 is 1.89 bits per heavy atom. The zero-order chi connectivity index (χ0) is 15.1. The van der Waals surface area contributed by atoms with Crippen LogP contribution in [-0.2, 0) is 14.0 Å². The summed E-state index contributed by atoms with van der Waals surface area (Å²) in [5, 5.41) is 2.62. The molecule has 0 aromatic rings. The van der Waals surface area contributed by atoms with Gasteiger partial charge < -0.3 is 14.5 Å². The maximum absolute atomic E-state index is 12.0. The maximum Gasteiger partial charge on any atom is 0.394 e. The third-order valence-corrected chi connectivity index (χ3v) is 8.12. The fraction of sp³-hybridized carbons (Fsp3) is 0.846. The quantitative estimate of drug-likeness (QED) is 0.578. The Morgan fingerprint density at radius 2 is 1.58 bits per heavy atom. The average molecular weight is 289 g/mol. The maximum atomic E-state index is 12.0. The van der Waals surface area contributed by atoms with Crippen LogP contribution in [0.25, 0.3) is 0 Å². The molecule has 0 saturated carbocycles. The van der Waals surface area contributed by atoms with Crippen LogP contribution in [0.4, 0.5) is 4.79 Å². The van der Waals surface area contributed by atoms with E-state index in [4.69, 9.17) is 4.43 Å². The lowest BCUT2D eigenvalue weighted by Crippen LogP contribution is -2.49. The van der Waals surface area contributed by atoms with Gasteiger partial charge in [0.1, 0.15) is 6.04 Å². The van der Waals surface area contributed by atoms with Gasteiger partial charge in [0, 0.05) is 0 Å².